The number of nitrogens with zero attached hydrogens (tertiary/aromatic N) is 2. The zero-order valence-electron chi connectivity index (χ0n) is 12.3. The Kier molecular flexibility index (Phi) is 4.31. The first-order chi connectivity index (χ1) is 10.1. The van der Waals surface area contributed by atoms with E-state index in [0.29, 0.717) is 12.3 Å². The number of thioether (sulfide) groups is 1. The lowest BCUT2D eigenvalue weighted by atomic mass is 9.95. The van der Waals surface area contributed by atoms with Crippen LogP contribution in [-0.4, -0.2) is 15.7 Å². The van der Waals surface area contributed by atoms with Crippen LogP contribution in [0.1, 0.15) is 43.0 Å². The molecular weight excluding hydrogens is 282 g/mol. The fourth-order valence-electron chi connectivity index (χ4n) is 2.84. The summed E-state index contributed by atoms with van der Waals surface area (Å²) in [6.07, 6.45) is 5.24. The van der Waals surface area contributed by atoms with E-state index < -0.39 is 0 Å². The van der Waals surface area contributed by atoms with Crippen LogP contribution in [-0.2, 0) is 12.2 Å². The molecule has 4 nitrogen and oxygen atoms in total. The lowest BCUT2D eigenvalue weighted by Gasteiger charge is -2.20. The Morgan fingerprint density at radius 2 is 2.05 bits per heavy atom. The van der Waals surface area contributed by atoms with E-state index in [9.17, 15) is 0 Å². The Bertz CT molecular complexity index is 605. The largest absolute Gasteiger partial charge is 0.339 e. The van der Waals surface area contributed by atoms with E-state index in [1.165, 1.54) is 23.3 Å². The fourth-order valence-corrected chi connectivity index (χ4v) is 3.71. The van der Waals surface area contributed by atoms with E-state index >= 15 is 0 Å². The summed E-state index contributed by atoms with van der Waals surface area (Å²) in [6, 6.07) is 8.33. The minimum absolute atomic E-state index is 0.132. The van der Waals surface area contributed by atoms with Crippen LogP contribution >= 0.6 is 11.8 Å². The molecule has 0 unspecified atom stereocenters. The van der Waals surface area contributed by atoms with Crippen molar-refractivity contribution in [1.29, 1.82) is 0 Å². The molecular formula is C16H21N3OS. The van der Waals surface area contributed by atoms with Crippen molar-refractivity contribution in [1.82, 2.24) is 10.1 Å². The third-order valence-electron chi connectivity index (χ3n) is 4.06. The van der Waals surface area contributed by atoms with E-state index in [4.69, 9.17) is 10.3 Å². The highest BCUT2D eigenvalue weighted by atomic mass is 32.2. The number of aromatic nitrogens is 2. The van der Waals surface area contributed by atoms with Gasteiger partial charge >= 0.3 is 0 Å². The summed E-state index contributed by atoms with van der Waals surface area (Å²) in [7, 11) is 0. The van der Waals surface area contributed by atoms with Crippen molar-refractivity contribution < 1.29 is 4.52 Å². The Morgan fingerprint density at radius 3 is 2.81 bits per heavy atom. The standard InChI is InChI=1S/C16H21N3OS/c1-12-6-2-3-7-13(12)21-11-14-18-15(20-19-14)10-16(17)8-4-5-9-16/h2-3,6-7H,4-5,8-11,17H2,1H3. The average molecular weight is 303 g/mol. The predicted molar refractivity (Wildman–Crippen MR) is 84.1 cm³/mol. The second-order valence-electron chi connectivity index (χ2n) is 5.90. The molecule has 1 aromatic carbocycles. The molecule has 3 rings (SSSR count). The summed E-state index contributed by atoms with van der Waals surface area (Å²) in [5.74, 6) is 2.16. The van der Waals surface area contributed by atoms with Gasteiger partial charge in [0.05, 0.1) is 5.75 Å². The molecule has 21 heavy (non-hydrogen) atoms. The number of nitrogens with two attached hydrogens (primary N) is 1. The van der Waals surface area contributed by atoms with Crippen LogP contribution in [0.3, 0.4) is 0 Å². The summed E-state index contributed by atoms with van der Waals surface area (Å²) in [6.45, 7) is 2.11. The lowest BCUT2D eigenvalue weighted by Crippen LogP contribution is -2.38. The van der Waals surface area contributed by atoms with Crippen molar-refractivity contribution in [2.24, 2.45) is 5.73 Å². The van der Waals surface area contributed by atoms with Crippen molar-refractivity contribution in [3.8, 4) is 0 Å². The molecule has 0 aliphatic heterocycles. The van der Waals surface area contributed by atoms with Crippen LogP contribution in [0.5, 0.6) is 0 Å². The highest BCUT2D eigenvalue weighted by Crippen LogP contribution is 2.30. The molecule has 1 aromatic heterocycles. The molecule has 1 fully saturated rings. The maximum atomic E-state index is 6.35. The quantitative estimate of drug-likeness (QED) is 0.857. The van der Waals surface area contributed by atoms with Gasteiger partial charge in [-0.2, -0.15) is 4.98 Å². The van der Waals surface area contributed by atoms with Gasteiger partial charge in [0.2, 0.25) is 5.89 Å². The van der Waals surface area contributed by atoms with E-state index in [1.54, 1.807) is 11.8 Å². The molecule has 112 valence electrons. The summed E-state index contributed by atoms with van der Waals surface area (Å²) < 4.78 is 5.36. The molecule has 1 aliphatic rings. The second kappa shape index (κ2) is 6.20. The topological polar surface area (TPSA) is 64.9 Å². The molecule has 1 aliphatic carbocycles. The molecule has 0 amide bonds. The van der Waals surface area contributed by atoms with Gasteiger partial charge in [-0.3, -0.25) is 0 Å². The molecule has 0 bridgehead atoms. The van der Waals surface area contributed by atoms with Crippen LogP contribution in [0.4, 0.5) is 0 Å². The first-order valence-electron chi connectivity index (χ1n) is 7.43. The smallest absolute Gasteiger partial charge is 0.228 e. The number of hydrogen-bond acceptors (Lipinski definition) is 5. The zero-order valence-corrected chi connectivity index (χ0v) is 13.2. The van der Waals surface area contributed by atoms with Gasteiger partial charge in [0.15, 0.2) is 5.82 Å². The fraction of sp³-hybridized carbons (Fsp3) is 0.500. The predicted octanol–water partition coefficient (Wildman–Crippen LogP) is 3.48. The van der Waals surface area contributed by atoms with Crippen molar-refractivity contribution in [2.45, 2.75) is 55.2 Å². The van der Waals surface area contributed by atoms with Gasteiger partial charge < -0.3 is 10.3 Å². The van der Waals surface area contributed by atoms with Crippen LogP contribution in [0.15, 0.2) is 33.7 Å². The summed E-state index contributed by atoms with van der Waals surface area (Å²) in [5, 5.41) is 4.07. The molecule has 1 saturated carbocycles. The summed E-state index contributed by atoms with van der Waals surface area (Å²) in [5.41, 5.74) is 7.50. The second-order valence-corrected chi connectivity index (χ2v) is 6.92. The third-order valence-corrected chi connectivity index (χ3v) is 5.23. The number of hydrogen-bond donors (Lipinski definition) is 1. The minimum atomic E-state index is -0.132. The Hall–Kier alpha value is -1.33. The van der Waals surface area contributed by atoms with E-state index in [2.05, 4.69) is 35.3 Å². The van der Waals surface area contributed by atoms with Crippen LogP contribution in [0.25, 0.3) is 0 Å². The highest BCUT2D eigenvalue weighted by Gasteiger charge is 2.31. The van der Waals surface area contributed by atoms with Gasteiger partial charge in [-0.05, 0) is 31.4 Å². The number of benzene rings is 1. The van der Waals surface area contributed by atoms with Crippen LogP contribution < -0.4 is 5.73 Å². The average Bonchev–Trinajstić information content (AvgIpc) is 3.08. The molecule has 2 N–H and O–H groups in total. The van der Waals surface area contributed by atoms with E-state index in [1.807, 2.05) is 6.07 Å². The van der Waals surface area contributed by atoms with Crippen molar-refractivity contribution >= 4 is 11.8 Å². The van der Waals surface area contributed by atoms with Crippen molar-refractivity contribution in [3.63, 3.8) is 0 Å². The van der Waals surface area contributed by atoms with Gasteiger partial charge in [0.1, 0.15) is 0 Å². The maximum Gasteiger partial charge on any atom is 0.228 e. The van der Waals surface area contributed by atoms with Gasteiger partial charge in [0.25, 0.3) is 0 Å². The molecule has 0 saturated heterocycles. The number of aryl methyl sites for hydroxylation is 1. The number of rotatable bonds is 5. The SMILES string of the molecule is Cc1ccccc1SCc1noc(CC2(N)CCCC2)n1. The van der Waals surface area contributed by atoms with Crippen LogP contribution in [0.2, 0.25) is 0 Å². The minimum Gasteiger partial charge on any atom is -0.339 e. The Morgan fingerprint density at radius 1 is 1.29 bits per heavy atom. The molecule has 0 atom stereocenters. The van der Waals surface area contributed by atoms with Crippen molar-refractivity contribution in [2.75, 3.05) is 0 Å². The molecule has 0 spiro atoms. The normalized spacial score (nSPS) is 17.2. The lowest BCUT2D eigenvalue weighted by molar-refractivity contribution is 0.327. The highest BCUT2D eigenvalue weighted by molar-refractivity contribution is 7.98. The van der Waals surface area contributed by atoms with E-state index in [-0.39, 0.29) is 5.54 Å². The van der Waals surface area contributed by atoms with Crippen molar-refractivity contribution in [3.05, 3.63) is 41.5 Å². The summed E-state index contributed by atoms with van der Waals surface area (Å²) in [4.78, 5) is 5.74. The molecule has 2 aromatic rings. The zero-order chi connectivity index (χ0) is 14.7. The first-order valence-corrected chi connectivity index (χ1v) is 8.42. The van der Waals surface area contributed by atoms with E-state index in [0.717, 1.165) is 24.4 Å². The maximum absolute atomic E-state index is 6.35. The third kappa shape index (κ3) is 3.66. The Balaban J connectivity index is 1.59. The first kappa shape index (κ1) is 14.6. The Labute approximate surface area is 129 Å². The summed E-state index contributed by atoms with van der Waals surface area (Å²) >= 11 is 1.74. The monoisotopic (exact) mass is 303 g/mol. The molecule has 1 heterocycles. The van der Waals surface area contributed by atoms with Gasteiger partial charge in [0, 0.05) is 16.9 Å². The molecule has 0 radical (unpaired) electrons. The van der Waals surface area contributed by atoms with Gasteiger partial charge in [-0.25, -0.2) is 0 Å². The van der Waals surface area contributed by atoms with Crippen LogP contribution in [0, 0.1) is 6.92 Å². The van der Waals surface area contributed by atoms with Gasteiger partial charge in [-0.15, -0.1) is 11.8 Å². The van der Waals surface area contributed by atoms with Gasteiger partial charge in [-0.1, -0.05) is 36.2 Å². The molecule has 5 heteroatoms.